The lowest BCUT2D eigenvalue weighted by Gasteiger charge is -2.29. The second-order valence-electron chi connectivity index (χ2n) is 7.73. The van der Waals surface area contributed by atoms with Crippen molar-refractivity contribution in [2.75, 3.05) is 9.96 Å². The van der Waals surface area contributed by atoms with Crippen molar-refractivity contribution in [1.82, 2.24) is 0 Å². The molecule has 0 aliphatic carbocycles. The lowest BCUT2D eigenvalue weighted by Crippen LogP contribution is -2.38. The molecule has 0 saturated carbocycles. The van der Waals surface area contributed by atoms with Gasteiger partial charge in [0.1, 0.15) is 11.7 Å². The highest BCUT2D eigenvalue weighted by Crippen LogP contribution is 2.49. The number of anilines is 2. The Hall–Kier alpha value is -3.53. The molecule has 0 radical (unpaired) electrons. The van der Waals surface area contributed by atoms with Gasteiger partial charge in [-0.3, -0.25) is 24.5 Å². The number of fused-ring (bicyclic) bond motifs is 1. The number of carbonyl (C=O) groups is 2. The maximum Gasteiger partial charge on any atom is 0.271 e. The number of nitro benzene ring substituents is 1. The zero-order valence-electron chi connectivity index (χ0n) is 17.1. The molecule has 11 heteroatoms. The third-order valence-corrected chi connectivity index (χ3v) is 6.35. The van der Waals surface area contributed by atoms with Crippen LogP contribution in [0.4, 0.5) is 21.5 Å². The summed E-state index contributed by atoms with van der Waals surface area (Å²) in [5.41, 5.74) is 0.280. The number of benzene rings is 3. The van der Waals surface area contributed by atoms with Crippen LogP contribution in [0.3, 0.4) is 0 Å². The molecule has 0 unspecified atom stereocenters. The van der Waals surface area contributed by atoms with Gasteiger partial charge in [-0.1, -0.05) is 47.5 Å². The van der Waals surface area contributed by atoms with E-state index in [1.807, 2.05) is 0 Å². The molecule has 0 bridgehead atoms. The maximum atomic E-state index is 14.5. The SMILES string of the molecule is O=C1[C@@H]2[C@H](ON(c3cccc([N+](=O)[O-])c3)[C@@H]2c2ccc(Cl)cc2Cl)C(=O)N1c1ccccc1F. The fraction of sp³-hybridized carbons (Fsp3) is 0.130. The molecule has 2 amide bonds. The molecule has 2 saturated heterocycles. The predicted molar refractivity (Wildman–Crippen MR) is 122 cm³/mol. The zero-order valence-corrected chi connectivity index (χ0v) is 18.6. The standard InChI is InChI=1S/C23H14Cl2FN3O5/c24-12-8-9-15(16(25)10-12)20-19-21(34-28(20)13-4-3-5-14(11-13)29(32)33)23(31)27(22(19)30)18-7-2-1-6-17(18)26/h1-11,19-21H/t19-,20+,21-/m0/s1. The van der Waals surface area contributed by atoms with E-state index in [4.69, 9.17) is 28.0 Å². The molecule has 2 aliphatic rings. The Balaban J connectivity index is 1.64. The first-order chi connectivity index (χ1) is 16.3. The van der Waals surface area contributed by atoms with E-state index in [1.54, 1.807) is 18.2 Å². The Bertz CT molecular complexity index is 1350. The van der Waals surface area contributed by atoms with Crippen LogP contribution in [-0.4, -0.2) is 22.8 Å². The van der Waals surface area contributed by atoms with Crippen molar-refractivity contribution in [3.63, 3.8) is 0 Å². The number of halogens is 3. The number of amides is 2. The monoisotopic (exact) mass is 501 g/mol. The molecule has 8 nitrogen and oxygen atoms in total. The van der Waals surface area contributed by atoms with Gasteiger partial charge in [-0.2, -0.15) is 0 Å². The third kappa shape index (κ3) is 3.49. The van der Waals surface area contributed by atoms with Crippen molar-refractivity contribution in [2.45, 2.75) is 12.1 Å². The summed E-state index contributed by atoms with van der Waals surface area (Å²) in [7, 11) is 0. The van der Waals surface area contributed by atoms with Crippen LogP contribution in [0.5, 0.6) is 0 Å². The van der Waals surface area contributed by atoms with Crippen LogP contribution in [0.2, 0.25) is 10.0 Å². The number of rotatable bonds is 4. The van der Waals surface area contributed by atoms with Crippen molar-refractivity contribution in [2.24, 2.45) is 5.92 Å². The second-order valence-corrected chi connectivity index (χ2v) is 8.57. The van der Waals surface area contributed by atoms with Crippen molar-refractivity contribution in [3.05, 3.63) is 98.3 Å². The minimum Gasteiger partial charge on any atom is -0.273 e. The quantitative estimate of drug-likeness (QED) is 0.280. The first-order valence-electron chi connectivity index (χ1n) is 10.1. The number of carbonyl (C=O) groups excluding carboxylic acids is 2. The first kappa shape index (κ1) is 22.3. The van der Waals surface area contributed by atoms with Crippen LogP contribution >= 0.6 is 23.2 Å². The highest BCUT2D eigenvalue weighted by molar-refractivity contribution is 6.35. The number of para-hydroxylation sites is 1. The van der Waals surface area contributed by atoms with E-state index in [2.05, 4.69) is 0 Å². The first-order valence-corrected chi connectivity index (χ1v) is 10.8. The average Bonchev–Trinajstić information content (AvgIpc) is 3.31. The van der Waals surface area contributed by atoms with Gasteiger partial charge in [-0.25, -0.2) is 14.4 Å². The molecular weight excluding hydrogens is 488 g/mol. The van der Waals surface area contributed by atoms with Gasteiger partial charge in [-0.15, -0.1) is 0 Å². The normalized spacial score (nSPS) is 21.8. The molecule has 2 aliphatic heterocycles. The molecule has 0 N–H and O–H groups in total. The van der Waals surface area contributed by atoms with Gasteiger partial charge in [0, 0.05) is 22.2 Å². The van der Waals surface area contributed by atoms with E-state index in [0.717, 1.165) is 11.0 Å². The predicted octanol–water partition coefficient (Wildman–Crippen LogP) is 5.09. The zero-order chi connectivity index (χ0) is 24.1. The summed E-state index contributed by atoms with van der Waals surface area (Å²) in [6.07, 6.45) is -1.29. The molecule has 5 rings (SSSR count). The summed E-state index contributed by atoms with van der Waals surface area (Å²) in [6.45, 7) is 0. The van der Waals surface area contributed by atoms with Crippen LogP contribution in [0.25, 0.3) is 0 Å². The minimum atomic E-state index is -1.29. The van der Waals surface area contributed by atoms with Gasteiger partial charge in [0.05, 0.1) is 22.3 Å². The van der Waals surface area contributed by atoms with E-state index < -0.39 is 40.6 Å². The van der Waals surface area contributed by atoms with E-state index in [9.17, 15) is 24.1 Å². The topological polar surface area (TPSA) is 93.0 Å². The van der Waals surface area contributed by atoms with Gasteiger partial charge < -0.3 is 0 Å². The average molecular weight is 502 g/mol. The Morgan fingerprint density at radius 3 is 2.44 bits per heavy atom. The number of imide groups is 1. The molecule has 0 spiro atoms. The van der Waals surface area contributed by atoms with Crippen molar-refractivity contribution >= 4 is 52.1 Å². The largest absolute Gasteiger partial charge is 0.273 e. The van der Waals surface area contributed by atoms with Gasteiger partial charge in [-0.05, 0) is 35.9 Å². The highest BCUT2D eigenvalue weighted by atomic mass is 35.5. The van der Waals surface area contributed by atoms with Gasteiger partial charge in [0.25, 0.3) is 11.6 Å². The minimum absolute atomic E-state index is 0.182. The van der Waals surface area contributed by atoms with Crippen LogP contribution in [0.15, 0.2) is 66.7 Å². The van der Waals surface area contributed by atoms with E-state index in [1.165, 1.54) is 47.5 Å². The summed E-state index contributed by atoms with van der Waals surface area (Å²) >= 11 is 12.5. The molecule has 34 heavy (non-hydrogen) atoms. The number of hydrogen-bond donors (Lipinski definition) is 0. The molecule has 3 atom stereocenters. The molecule has 2 heterocycles. The lowest BCUT2D eigenvalue weighted by molar-refractivity contribution is -0.384. The molecule has 2 fully saturated rings. The van der Waals surface area contributed by atoms with Gasteiger partial charge >= 0.3 is 0 Å². The second kappa shape index (κ2) is 8.35. The van der Waals surface area contributed by atoms with Crippen LogP contribution in [0.1, 0.15) is 11.6 Å². The summed E-state index contributed by atoms with van der Waals surface area (Å²) in [4.78, 5) is 44.2. The van der Waals surface area contributed by atoms with Crippen LogP contribution in [-0.2, 0) is 14.4 Å². The third-order valence-electron chi connectivity index (χ3n) is 5.78. The fourth-order valence-electron chi connectivity index (χ4n) is 4.31. The molecular formula is C23H14Cl2FN3O5. The molecule has 172 valence electrons. The summed E-state index contributed by atoms with van der Waals surface area (Å²) in [6, 6.07) is 14.7. The van der Waals surface area contributed by atoms with E-state index in [0.29, 0.717) is 10.6 Å². The Labute approximate surface area is 202 Å². The van der Waals surface area contributed by atoms with Crippen molar-refractivity contribution < 1.29 is 23.7 Å². The number of nitrogens with zero attached hydrogens (tertiary/aromatic N) is 3. The molecule has 3 aromatic carbocycles. The number of hydrogen-bond acceptors (Lipinski definition) is 6. The summed E-state index contributed by atoms with van der Waals surface area (Å²) < 4.78 is 14.5. The van der Waals surface area contributed by atoms with Crippen LogP contribution in [0, 0.1) is 21.8 Å². The number of hydroxylamine groups is 1. The van der Waals surface area contributed by atoms with Crippen molar-refractivity contribution in [1.29, 1.82) is 0 Å². The van der Waals surface area contributed by atoms with E-state index in [-0.39, 0.29) is 22.1 Å². The Kier molecular flexibility index (Phi) is 5.47. The van der Waals surface area contributed by atoms with Crippen LogP contribution < -0.4 is 9.96 Å². The van der Waals surface area contributed by atoms with Gasteiger partial charge in [0.2, 0.25) is 5.91 Å². The molecule has 0 aromatic heterocycles. The Morgan fingerprint density at radius 1 is 0.971 bits per heavy atom. The number of non-ortho nitro benzene ring substituents is 1. The number of nitro groups is 1. The smallest absolute Gasteiger partial charge is 0.271 e. The Morgan fingerprint density at radius 2 is 1.74 bits per heavy atom. The molecule has 3 aromatic rings. The maximum absolute atomic E-state index is 14.5. The summed E-state index contributed by atoms with van der Waals surface area (Å²) in [5, 5.41) is 13.1. The lowest BCUT2D eigenvalue weighted by atomic mass is 9.90. The fourth-order valence-corrected chi connectivity index (χ4v) is 4.83. The van der Waals surface area contributed by atoms with E-state index >= 15 is 0 Å². The highest BCUT2D eigenvalue weighted by Gasteiger charge is 2.61. The van der Waals surface area contributed by atoms with Gasteiger partial charge in [0.15, 0.2) is 6.10 Å². The van der Waals surface area contributed by atoms with Crippen molar-refractivity contribution in [3.8, 4) is 0 Å². The summed E-state index contributed by atoms with van der Waals surface area (Å²) in [5.74, 6) is -3.25.